The molecule has 1 atom stereocenters. The van der Waals surface area contributed by atoms with Gasteiger partial charge in [-0.1, -0.05) is 53.5 Å². The molecule has 3 aromatic carbocycles. The monoisotopic (exact) mass is 575 g/mol. The summed E-state index contributed by atoms with van der Waals surface area (Å²) in [6.45, 7) is 6.94. The number of nitrogens with zero attached hydrogens (tertiary/aromatic N) is 2. The highest BCUT2D eigenvalue weighted by Crippen LogP contribution is 2.27. The summed E-state index contributed by atoms with van der Waals surface area (Å²) >= 11 is 12.4. The summed E-state index contributed by atoms with van der Waals surface area (Å²) in [6.07, 6.45) is 0. The van der Waals surface area contributed by atoms with Crippen molar-refractivity contribution in [2.75, 3.05) is 17.4 Å². The second-order valence-electron chi connectivity index (χ2n) is 9.00. The zero-order valence-corrected chi connectivity index (χ0v) is 24.1. The minimum absolute atomic E-state index is 0.0147. The number of aryl methyl sites for hydroxylation is 2. The van der Waals surface area contributed by atoms with Crippen molar-refractivity contribution in [1.82, 2.24) is 10.2 Å². The lowest BCUT2D eigenvalue weighted by molar-refractivity contribution is -0.139. The lowest BCUT2D eigenvalue weighted by Crippen LogP contribution is -2.51. The summed E-state index contributed by atoms with van der Waals surface area (Å²) in [5, 5.41) is 3.50. The SMILES string of the molecule is CCNC(=O)C(C)N(Cc1ccc(Cl)cc1Cl)C(=O)CN(c1cc(C)cc(C)c1)S(=O)(=O)c1ccccc1. The quantitative estimate of drug-likeness (QED) is 0.352. The van der Waals surface area contributed by atoms with Crippen LogP contribution in [0.3, 0.4) is 0 Å². The number of hydrogen-bond acceptors (Lipinski definition) is 4. The lowest BCUT2D eigenvalue weighted by Gasteiger charge is -2.32. The third-order valence-electron chi connectivity index (χ3n) is 5.98. The Balaban J connectivity index is 2.07. The van der Waals surface area contributed by atoms with E-state index in [9.17, 15) is 18.0 Å². The van der Waals surface area contributed by atoms with E-state index in [1.165, 1.54) is 17.0 Å². The number of rotatable bonds is 10. The van der Waals surface area contributed by atoms with E-state index in [2.05, 4.69) is 5.32 Å². The molecule has 38 heavy (non-hydrogen) atoms. The van der Waals surface area contributed by atoms with E-state index in [0.29, 0.717) is 27.8 Å². The Morgan fingerprint density at radius 3 is 2.16 bits per heavy atom. The first-order chi connectivity index (χ1) is 17.9. The van der Waals surface area contributed by atoms with Gasteiger partial charge in [-0.15, -0.1) is 0 Å². The van der Waals surface area contributed by atoms with E-state index in [-0.39, 0.29) is 17.3 Å². The topological polar surface area (TPSA) is 86.8 Å². The number of carbonyl (C=O) groups is 2. The van der Waals surface area contributed by atoms with E-state index in [0.717, 1.165) is 15.4 Å². The van der Waals surface area contributed by atoms with Gasteiger partial charge in [-0.25, -0.2) is 8.42 Å². The average molecular weight is 577 g/mol. The lowest BCUT2D eigenvalue weighted by atomic mass is 10.1. The van der Waals surface area contributed by atoms with Crippen LogP contribution in [0.5, 0.6) is 0 Å². The summed E-state index contributed by atoms with van der Waals surface area (Å²) in [4.78, 5) is 28.1. The molecule has 10 heteroatoms. The maximum atomic E-state index is 13.9. The predicted molar refractivity (Wildman–Crippen MR) is 152 cm³/mol. The number of amides is 2. The molecule has 0 saturated heterocycles. The number of likely N-dealkylation sites (N-methyl/N-ethyl adjacent to an activating group) is 1. The van der Waals surface area contributed by atoms with Gasteiger partial charge in [0.25, 0.3) is 10.0 Å². The molecule has 0 aliphatic carbocycles. The fourth-order valence-electron chi connectivity index (χ4n) is 4.08. The molecule has 3 aromatic rings. The fraction of sp³-hybridized carbons (Fsp3) is 0.286. The highest BCUT2D eigenvalue weighted by Gasteiger charge is 2.32. The maximum Gasteiger partial charge on any atom is 0.264 e. The van der Waals surface area contributed by atoms with Gasteiger partial charge in [0.2, 0.25) is 11.8 Å². The number of anilines is 1. The molecular formula is C28H31Cl2N3O4S. The second-order valence-corrected chi connectivity index (χ2v) is 11.7. The van der Waals surface area contributed by atoms with Crippen molar-refractivity contribution >= 4 is 50.7 Å². The Kier molecular flexibility index (Phi) is 9.82. The van der Waals surface area contributed by atoms with Crippen LogP contribution in [-0.4, -0.2) is 44.3 Å². The molecule has 0 heterocycles. The third-order valence-corrected chi connectivity index (χ3v) is 8.35. The Morgan fingerprint density at radius 1 is 0.947 bits per heavy atom. The van der Waals surface area contributed by atoms with Crippen molar-refractivity contribution in [3.8, 4) is 0 Å². The van der Waals surface area contributed by atoms with Crippen LogP contribution in [-0.2, 0) is 26.2 Å². The van der Waals surface area contributed by atoms with Gasteiger partial charge >= 0.3 is 0 Å². The van der Waals surface area contributed by atoms with Gasteiger partial charge in [0.15, 0.2) is 0 Å². The molecule has 1 N–H and O–H groups in total. The number of benzene rings is 3. The van der Waals surface area contributed by atoms with Gasteiger partial charge < -0.3 is 10.2 Å². The number of hydrogen-bond donors (Lipinski definition) is 1. The highest BCUT2D eigenvalue weighted by atomic mass is 35.5. The van der Waals surface area contributed by atoms with E-state index < -0.39 is 28.5 Å². The van der Waals surface area contributed by atoms with Crippen molar-refractivity contribution in [3.63, 3.8) is 0 Å². The molecular weight excluding hydrogens is 545 g/mol. The average Bonchev–Trinajstić information content (AvgIpc) is 2.86. The zero-order valence-electron chi connectivity index (χ0n) is 21.7. The number of carbonyl (C=O) groups excluding carboxylic acids is 2. The normalized spacial score (nSPS) is 12.1. The molecule has 0 saturated carbocycles. The first kappa shape index (κ1) is 29.5. The summed E-state index contributed by atoms with van der Waals surface area (Å²) in [5.74, 6) is -0.928. The molecule has 0 fully saturated rings. The smallest absolute Gasteiger partial charge is 0.264 e. The Morgan fingerprint density at radius 2 is 1.58 bits per heavy atom. The van der Waals surface area contributed by atoms with E-state index in [1.807, 2.05) is 19.9 Å². The van der Waals surface area contributed by atoms with E-state index in [1.54, 1.807) is 62.4 Å². The highest BCUT2D eigenvalue weighted by molar-refractivity contribution is 7.92. The molecule has 0 spiro atoms. The number of nitrogens with one attached hydrogen (secondary N) is 1. The second kappa shape index (κ2) is 12.7. The van der Waals surface area contributed by atoms with Gasteiger partial charge in [0, 0.05) is 23.1 Å². The van der Waals surface area contributed by atoms with Crippen LogP contribution in [0.25, 0.3) is 0 Å². The maximum absolute atomic E-state index is 13.9. The van der Waals surface area contributed by atoms with Gasteiger partial charge in [0.1, 0.15) is 12.6 Å². The Labute approximate surface area is 234 Å². The number of halogens is 2. The number of sulfonamides is 1. The van der Waals surface area contributed by atoms with Gasteiger partial charge in [0.05, 0.1) is 10.6 Å². The first-order valence-corrected chi connectivity index (χ1v) is 14.3. The van der Waals surface area contributed by atoms with Crippen LogP contribution in [0.1, 0.15) is 30.5 Å². The fourth-order valence-corrected chi connectivity index (χ4v) is 5.97. The van der Waals surface area contributed by atoms with Crippen LogP contribution in [0.2, 0.25) is 10.0 Å². The molecule has 0 aromatic heterocycles. The molecule has 0 bridgehead atoms. The van der Waals surface area contributed by atoms with Crippen molar-refractivity contribution < 1.29 is 18.0 Å². The van der Waals surface area contributed by atoms with Crippen LogP contribution < -0.4 is 9.62 Å². The Hall–Kier alpha value is -3.07. The molecule has 0 aliphatic rings. The van der Waals surface area contributed by atoms with Crippen molar-refractivity contribution in [1.29, 1.82) is 0 Å². The van der Waals surface area contributed by atoms with Gasteiger partial charge in [-0.2, -0.15) is 0 Å². The van der Waals surface area contributed by atoms with Crippen LogP contribution in [0.4, 0.5) is 5.69 Å². The summed E-state index contributed by atoms with van der Waals surface area (Å²) in [5.41, 5.74) is 2.63. The Bertz CT molecular complexity index is 1390. The molecule has 1 unspecified atom stereocenters. The van der Waals surface area contributed by atoms with Gasteiger partial charge in [-0.05, 0) is 80.8 Å². The molecule has 2 amide bonds. The zero-order chi connectivity index (χ0) is 28.0. The van der Waals surface area contributed by atoms with Crippen molar-refractivity contribution in [3.05, 3.63) is 93.5 Å². The molecule has 0 radical (unpaired) electrons. The largest absolute Gasteiger partial charge is 0.355 e. The molecule has 0 aliphatic heterocycles. The summed E-state index contributed by atoms with van der Waals surface area (Å²) in [6, 6.07) is 17.3. The van der Waals surface area contributed by atoms with Gasteiger partial charge in [-0.3, -0.25) is 13.9 Å². The minimum Gasteiger partial charge on any atom is -0.355 e. The minimum atomic E-state index is -4.12. The predicted octanol–water partition coefficient (Wildman–Crippen LogP) is 5.36. The van der Waals surface area contributed by atoms with Crippen LogP contribution >= 0.6 is 23.2 Å². The van der Waals surface area contributed by atoms with E-state index in [4.69, 9.17) is 23.2 Å². The molecule has 202 valence electrons. The van der Waals surface area contributed by atoms with Crippen LogP contribution in [0, 0.1) is 13.8 Å². The molecule has 3 rings (SSSR count). The van der Waals surface area contributed by atoms with Crippen LogP contribution in [0.15, 0.2) is 71.6 Å². The first-order valence-electron chi connectivity index (χ1n) is 12.1. The third kappa shape index (κ3) is 7.07. The summed E-state index contributed by atoms with van der Waals surface area (Å²) < 4.78 is 28.7. The standard InChI is InChI=1S/C28H31Cl2N3O4S/c1-5-31-28(35)21(4)32(17-22-11-12-23(29)16-26(22)30)27(34)18-33(24-14-19(2)13-20(3)15-24)38(36,37)25-9-7-6-8-10-25/h6-16,21H,5,17-18H2,1-4H3,(H,31,35). The van der Waals surface area contributed by atoms with Crippen molar-refractivity contribution in [2.24, 2.45) is 0 Å². The van der Waals surface area contributed by atoms with Crippen molar-refractivity contribution in [2.45, 2.75) is 45.2 Å². The van der Waals surface area contributed by atoms with E-state index >= 15 is 0 Å². The molecule has 7 nitrogen and oxygen atoms in total. The summed E-state index contributed by atoms with van der Waals surface area (Å²) in [7, 11) is -4.12.